The SMILES string of the molecule is Cc1oc(N2CCCN(C(=O)c3cccnc3OCC(F)(F)F)CC2)nc1C(C)(C)O. The van der Waals surface area contributed by atoms with Crippen molar-refractivity contribution in [2.75, 3.05) is 37.7 Å². The Bertz CT molecular complexity index is 924. The highest BCUT2D eigenvalue weighted by Crippen LogP contribution is 2.28. The lowest BCUT2D eigenvalue weighted by molar-refractivity contribution is -0.154. The summed E-state index contributed by atoms with van der Waals surface area (Å²) in [5.41, 5.74) is -0.717. The molecule has 0 bridgehead atoms. The van der Waals surface area contributed by atoms with Crippen molar-refractivity contribution in [3.05, 3.63) is 35.3 Å². The second-order valence-electron chi connectivity index (χ2n) is 7.85. The van der Waals surface area contributed by atoms with E-state index in [1.165, 1.54) is 18.3 Å². The molecule has 1 aliphatic heterocycles. The molecule has 0 aliphatic carbocycles. The number of hydrogen-bond acceptors (Lipinski definition) is 7. The highest BCUT2D eigenvalue weighted by atomic mass is 19.4. The highest BCUT2D eigenvalue weighted by molar-refractivity contribution is 5.96. The molecule has 170 valence electrons. The lowest BCUT2D eigenvalue weighted by Crippen LogP contribution is -2.35. The molecule has 11 heteroatoms. The molecule has 1 fully saturated rings. The predicted molar refractivity (Wildman–Crippen MR) is 105 cm³/mol. The summed E-state index contributed by atoms with van der Waals surface area (Å²) in [6, 6.07) is 3.24. The first kappa shape index (κ1) is 22.9. The van der Waals surface area contributed by atoms with Gasteiger partial charge in [0.15, 0.2) is 6.61 Å². The van der Waals surface area contributed by atoms with Gasteiger partial charge in [-0.1, -0.05) is 0 Å². The lowest BCUT2D eigenvalue weighted by Gasteiger charge is -2.22. The smallest absolute Gasteiger partial charge is 0.422 e. The molecule has 0 radical (unpaired) electrons. The van der Waals surface area contributed by atoms with Crippen LogP contribution in [0.3, 0.4) is 0 Å². The van der Waals surface area contributed by atoms with Gasteiger partial charge in [0.25, 0.3) is 11.9 Å². The maximum Gasteiger partial charge on any atom is 0.422 e. The molecule has 0 saturated carbocycles. The number of aryl methyl sites for hydroxylation is 1. The molecule has 1 aliphatic rings. The van der Waals surface area contributed by atoms with Gasteiger partial charge in [0, 0.05) is 32.4 Å². The average Bonchev–Trinajstić information content (AvgIpc) is 2.92. The van der Waals surface area contributed by atoms with Gasteiger partial charge in [-0.3, -0.25) is 4.79 Å². The summed E-state index contributed by atoms with van der Waals surface area (Å²) in [4.78, 5) is 24.6. The van der Waals surface area contributed by atoms with E-state index in [1.54, 1.807) is 25.7 Å². The molecule has 0 atom stereocenters. The van der Waals surface area contributed by atoms with Gasteiger partial charge in [-0.15, -0.1) is 0 Å². The van der Waals surface area contributed by atoms with Crippen molar-refractivity contribution < 1.29 is 32.2 Å². The fourth-order valence-corrected chi connectivity index (χ4v) is 3.39. The van der Waals surface area contributed by atoms with Gasteiger partial charge in [0.05, 0.1) is 0 Å². The Hall–Kier alpha value is -2.82. The first-order chi connectivity index (χ1) is 14.5. The molecule has 2 aromatic heterocycles. The van der Waals surface area contributed by atoms with Gasteiger partial charge in [-0.25, -0.2) is 4.98 Å². The number of aliphatic hydroxyl groups is 1. The summed E-state index contributed by atoms with van der Waals surface area (Å²) in [5.74, 6) is -0.279. The molecule has 1 saturated heterocycles. The van der Waals surface area contributed by atoms with Crippen LogP contribution in [0.1, 0.15) is 42.1 Å². The predicted octanol–water partition coefficient (Wildman–Crippen LogP) is 2.90. The van der Waals surface area contributed by atoms with E-state index in [4.69, 9.17) is 9.15 Å². The van der Waals surface area contributed by atoms with Crippen LogP contribution >= 0.6 is 0 Å². The van der Waals surface area contributed by atoms with Crippen LogP contribution in [0.4, 0.5) is 19.2 Å². The van der Waals surface area contributed by atoms with Crippen LogP contribution in [-0.4, -0.2) is 64.8 Å². The Morgan fingerprint density at radius 1 is 1.26 bits per heavy atom. The van der Waals surface area contributed by atoms with Crippen LogP contribution in [0.5, 0.6) is 5.88 Å². The number of hydrogen-bond donors (Lipinski definition) is 1. The summed E-state index contributed by atoms with van der Waals surface area (Å²) in [7, 11) is 0. The molecule has 0 spiro atoms. The third-order valence-electron chi connectivity index (χ3n) is 4.79. The Kier molecular flexibility index (Phi) is 6.44. The number of ether oxygens (including phenoxy) is 1. The summed E-state index contributed by atoms with van der Waals surface area (Å²) < 4.78 is 48.0. The molecule has 3 heterocycles. The largest absolute Gasteiger partial charge is 0.467 e. The third-order valence-corrected chi connectivity index (χ3v) is 4.79. The van der Waals surface area contributed by atoms with Crippen molar-refractivity contribution in [2.24, 2.45) is 0 Å². The molecular weight excluding hydrogens is 417 g/mol. The lowest BCUT2D eigenvalue weighted by atomic mass is 10.0. The van der Waals surface area contributed by atoms with E-state index in [0.717, 1.165) is 0 Å². The summed E-state index contributed by atoms with van der Waals surface area (Å²) >= 11 is 0. The summed E-state index contributed by atoms with van der Waals surface area (Å²) in [6.07, 6.45) is -2.65. The van der Waals surface area contributed by atoms with Crippen LogP contribution in [0, 0.1) is 6.92 Å². The second-order valence-corrected chi connectivity index (χ2v) is 7.85. The zero-order valence-corrected chi connectivity index (χ0v) is 17.6. The van der Waals surface area contributed by atoms with E-state index in [2.05, 4.69) is 9.97 Å². The van der Waals surface area contributed by atoms with Gasteiger partial charge >= 0.3 is 6.18 Å². The van der Waals surface area contributed by atoms with E-state index < -0.39 is 24.3 Å². The van der Waals surface area contributed by atoms with Crippen molar-refractivity contribution in [3.63, 3.8) is 0 Å². The minimum absolute atomic E-state index is 0.0171. The number of nitrogens with zero attached hydrogens (tertiary/aromatic N) is 4. The van der Waals surface area contributed by atoms with Gasteiger partial charge in [0.1, 0.15) is 22.6 Å². The molecule has 8 nitrogen and oxygen atoms in total. The highest BCUT2D eigenvalue weighted by Gasteiger charge is 2.31. The maximum atomic E-state index is 13.0. The first-order valence-corrected chi connectivity index (χ1v) is 9.85. The van der Waals surface area contributed by atoms with Crippen LogP contribution in [0.2, 0.25) is 0 Å². The Morgan fingerprint density at radius 3 is 2.65 bits per heavy atom. The third kappa shape index (κ3) is 5.66. The Labute approximate surface area is 177 Å². The number of anilines is 1. The minimum atomic E-state index is -4.53. The monoisotopic (exact) mass is 442 g/mol. The van der Waals surface area contributed by atoms with E-state index >= 15 is 0 Å². The van der Waals surface area contributed by atoms with Gasteiger partial charge < -0.3 is 24.1 Å². The number of pyridine rings is 1. The normalized spacial score (nSPS) is 15.7. The Balaban J connectivity index is 1.71. The fraction of sp³-hybridized carbons (Fsp3) is 0.550. The number of carbonyl (C=O) groups excluding carboxylic acids is 1. The number of rotatable bonds is 5. The minimum Gasteiger partial charge on any atom is -0.467 e. The summed E-state index contributed by atoms with van der Waals surface area (Å²) in [6.45, 7) is 5.14. The van der Waals surface area contributed by atoms with Gasteiger partial charge in [0.2, 0.25) is 5.88 Å². The van der Waals surface area contributed by atoms with Crippen molar-refractivity contribution in [1.82, 2.24) is 14.9 Å². The van der Waals surface area contributed by atoms with Crippen molar-refractivity contribution in [3.8, 4) is 5.88 Å². The topological polar surface area (TPSA) is 91.9 Å². The van der Waals surface area contributed by atoms with E-state index in [-0.39, 0.29) is 11.4 Å². The zero-order chi connectivity index (χ0) is 22.8. The molecule has 0 unspecified atom stereocenters. The Morgan fingerprint density at radius 2 is 2.00 bits per heavy atom. The maximum absolute atomic E-state index is 13.0. The molecule has 3 rings (SSSR count). The summed E-state index contributed by atoms with van der Waals surface area (Å²) in [5, 5.41) is 10.2. The first-order valence-electron chi connectivity index (χ1n) is 9.85. The van der Waals surface area contributed by atoms with E-state index in [1.807, 2.05) is 4.90 Å². The van der Waals surface area contributed by atoms with E-state index in [0.29, 0.717) is 50.1 Å². The number of oxazole rings is 1. The number of alkyl halides is 3. The van der Waals surface area contributed by atoms with Crippen LogP contribution in [-0.2, 0) is 5.60 Å². The quantitative estimate of drug-likeness (QED) is 0.761. The van der Waals surface area contributed by atoms with Crippen molar-refractivity contribution >= 4 is 11.9 Å². The molecular formula is C20H25F3N4O4. The van der Waals surface area contributed by atoms with Crippen LogP contribution < -0.4 is 9.64 Å². The van der Waals surface area contributed by atoms with Crippen molar-refractivity contribution in [1.29, 1.82) is 0 Å². The van der Waals surface area contributed by atoms with Gasteiger partial charge in [-0.2, -0.15) is 18.2 Å². The van der Waals surface area contributed by atoms with Gasteiger partial charge in [-0.05, 0) is 39.3 Å². The number of aromatic nitrogens is 2. The molecule has 1 amide bonds. The molecule has 2 aromatic rings. The number of halogens is 3. The zero-order valence-electron chi connectivity index (χ0n) is 17.6. The standard InChI is InChI=1S/C20H25F3N4O4/c1-13-15(19(2,3)29)25-18(31-13)27-9-5-8-26(10-11-27)17(28)14-6-4-7-24-16(14)30-12-20(21,22)23/h4,6-7,29H,5,8-12H2,1-3H3. The van der Waals surface area contributed by atoms with Crippen LogP contribution in [0.25, 0.3) is 0 Å². The number of amides is 1. The molecule has 0 aromatic carbocycles. The number of carbonyl (C=O) groups is 1. The van der Waals surface area contributed by atoms with Crippen LogP contribution in [0.15, 0.2) is 22.7 Å². The van der Waals surface area contributed by atoms with E-state index in [9.17, 15) is 23.1 Å². The average molecular weight is 442 g/mol. The molecule has 31 heavy (non-hydrogen) atoms. The van der Waals surface area contributed by atoms with Crippen molar-refractivity contribution in [2.45, 2.75) is 39.0 Å². The molecule has 1 N–H and O–H groups in total. The second kappa shape index (κ2) is 8.74. The fourth-order valence-electron chi connectivity index (χ4n) is 3.39.